The second-order valence-electron chi connectivity index (χ2n) is 7.80. The van der Waals surface area contributed by atoms with Crippen LogP contribution in [0.15, 0.2) is 36.7 Å². The normalized spacial score (nSPS) is 18.6. The Morgan fingerprint density at radius 2 is 2.11 bits per heavy atom. The average molecular weight is 364 g/mol. The number of carbonyl (C=O) groups excluding carboxylic acids is 1. The minimum atomic E-state index is -0.325. The predicted octanol–water partition coefficient (Wildman–Crippen LogP) is 3.47. The van der Waals surface area contributed by atoms with Crippen LogP contribution in [0, 0.1) is 0 Å². The number of hydrogen-bond acceptors (Lipinski definition) is 3. The number of aryl methyl sites for hydroxylation is 1. The molecule has 142 valence electrons. The first-order chi connectivity index (χ1) is 13.1. The first-order valence-corrected chi connectivity index (χ1v) is 9.93. The van der Waals surface area contributed by atoms with Crippen LogP contribution in [-0.4, -0.2) is 33.4 Å². The topological polar surface area (TPSA) is 64.2 Å². The van der Waals surface area contributed by atoms with Crippen LogP contribution in [0.1, 0.15) is 65.3 Å². The van der Waals surface area contributed by atoms with Crippen molar-refractivity contribution in [3.05, 3.63) is 59.2 Å². The van der Waals surface area contributed by atoms with Gasteiger partial charge in [0, 0.05) is 25.0 Å². The van der Waals surface area contributed by atoms with Gasteiger partial charge in [0.05, 0.1) is 6.54 Å². The SMILES string of the molecule is Cn1ccnc1CN1CCC(c2ccc(C(N)=O)c(C3=CCCC3)c2)CC1. The molecule has 2 aliphatic rings. The molecule has 0 radical (unpaired) electrons. The second-order valence-corrected chi connectivity index (χ2v) is 7.80. The lowest BCUT2D eigenvalue weighted by Crippen LogP contribution is -2.33. The van der Waals surface area contributed by atoms with Crippen molar-refractivity contribution in [3.8, 4) is 0 Å². The largest absolute Gasteiger partial charge is 0.366 e. The Balaban J connectivity index is 1.47. The van der Waals surface area contributed by atoms with Gasteiger partial charge in [-0.1, -0.05) is 18.2 Å². The standard InChI is InChI=1S/C22H28N4O/c1-25-13-10-24-21(25)15-26-11-8-16(9-12-26)18-6-7-19(22(23)27)20(14-18)17-4-2-3-5-17/h4,6-7,10,13-14,16H,2-3,5,8-9,11-12,15H2,1H3,(H2,23,27). The molecule has 2 aromatic rings. The Bertz CT molecular complexity index is 859. The van der Waals surface area contributed by atoms with Gasteiger partial charge in [-0.15, -0.1) is 0 Å². The minimum Gasteiger partial charge on any atom is -0.366 e. The molecule has 0 bridgehead atoms. The number of aromatic nitrogens is 2. The van der Waals surface area contributed by atoms with E-state index in [1.165, 1.54) is 17.6 Å². The minimum absolute atomic E-state index is 0.325. The Hall–Kier alpha value is -2.40. The van der Waals surface area contributed by atoms with Crippen LogP contribution in [0.4, 0.5) is 0 Å². The number of likely N-dealkylation sites (tertiary alicyclic amines) is 1. The van der Waals surface area contributed by atoms with Crippen molar-refractivity contribution in [2.75, 3.05) is 13.1 Å². The number of nitrogens with zero attached hydrogens (tertiary/aromatic N) is 3. The summed E-state index contributed by atoms with van der Waals surface area (Å²) in [5.41, 5.74) is 9.99. The van der Waals surface area contributed by atoms with E-state index in [0.717, 1.165) is 56.7 Å². The lowest BCUT2D eigenvalue weighted by Gasteiger charge is -2.32. The summed E-state index contributed by atoms with van der Waals surface area (Å²) in [5, 5.41) is 0. The number of hydrogen-bond donors (Lipinski definition) is 1. The summed E-state index contributed by atoms with van der Waals surface area (Å²) in [4.78, 5) is 18.8. The highest BCUT2D eigenvalue weighted by atomic mass is 16.1. The van der Waals surface area contributed by atoms with E-state index in [4.69, 9.17) is 5.73 Å². The number of amides is 1. The number of carbonyl (C=O) groups is 1. The van der Waals surface area contributed by atoms with Crippen LogP contribution in [0.5, 0.6) is 0 Å². The van der Waals surface area contributed by atoms with E-state index >= 15 is 0 Å². The van der Waals surface area contributed by atoms with Gasteiger partial charge in [0.2, 0.25) is 5.91 Å². The van der Waals surface area contributed by atoms with E-state index in [9.17, 15) is 4.79 Å². The number of piperidine rings is 1. The summed E-state index contributed by atoms with van der Waals surface area (Å²) in [6, 6.07) is 6.28. The molecular weight excluding hydrogens is 336 g/mol. The monoisotopic (exact) mass is 364 g/mol. The summed E-state index contributed by atoms with van der Waals surface area (Å²) in [6.07, 6.45) is 11.7. The molecular formula is C22H28N4O. The fourth-order valence-electron chi connectivity index (χ4n) is 4.39. The smallest absolute Gasteiger partial charge is 0.249 e. The number of imidazole rings is 1. The molecule has 2 N–H and O–H groups in total. The molecule has 1 saturated heterocycles. The van der Waals surface area contributed by atoms with Gasteiger partial charge in [-0.25, -0.2) is 4.98 Å². The summed E-state index contributed by atoms with van der Waals surface area (Å²) < 4.78 is 2.09. The average Bonchev–Trinajstić information content (AvgIpc) is 3.34. The van der Waals surface area contributed by atoms with Crippen molar-refractivity contribution in [2.24, 2.45) is 12.8 Å². The quantitative estimate of drug-likeness (QED) is 0.883. The van der Waals surface area contributed by atoms with Crippen LogP contribution in [0.3, 0.4) is 0 Å². The molecule has 1 aliphatic heterocycles. The molecule has 5 nitrogen and oxygen atoms in total. The first kappa shape index (κ1) is 18.0. The van der Waals surface area contributed by atoms with Crippen molar-refractivity contribution in [1.29, 1.82) is 0 Å². The fourth-order valence-corrected chi connectivity index (χ4v) is 4.39. The van der Waals surface area contributed by atoms with Crippen molar-refractivity contribution in [2.45, 2.75) is 44.6 Å². The zero-order valence-electron chi connectivity index (χ0n) is 16.0. The lowest BCUT2D eigenvalue weighted by molar-refractivity contribution is 0.1000. The predicted molar refractivity (Wildman–Crippen MR) is 107 cm³/mol. The van der Waals surface area contributed by atoms with E-state index in [2.05, 4.69) is 39.7 Å². The Labute approximate surface area is 160 Å². The molecule has 1 fully saturated rings. The van der Waals surface area contributed by atoms with Gasteiger partial charge in [-0.3, -0.25) is 9.69 Å². The molecule has 0 saturated carbocycles. The number of primary amides is 1. The number of rotatable bonds is 5. The highest BCUT2D eigenvalue weighted by molar-refractivity contribution is 5.98. The molecule has 0 atom stereocenters. The lowest BCUT2D eigenvalue weighted by atomic mass is 9.86. The molecule has 0 unspecified atom stereocenters. The van der Waals surface area contributed by atoms with Crippen molar-refractivity contribution < 1.29 is 4.79 Å². The summed E-state index contributed by atoms with van der Waals surface area (Å²) in [7, 11) is 2.05. The van der Waals surface area contributed by atoms with E-state index in [-0.39, 0.29) is 5.91 Å². The van der Waals surface area contributed by atoms with E-state index in [1.54, 1.807) is 0 Å². The third-order valence-corrected chi connectivity index (χ3v) is 6.04. The van der Waals surface area contributed by atoms with Crippen LogP contribution in [0.2, 0.25) is 0 Å². The summed E-state index contributed by atoms with van der Waals surface area (Å²) in [5.74, 6) is 1.34. The molecule has 0 spiro atoms. The van der Waals surface area contributed by atoms with Crippen LogP contribution >= 0.6 is 0 Å². The van der Waals surface area contributed by atoms with Gasteiger partial charge in [0.1, 0.15) is 5.82 Å². The molecule has 2 heterocycles. The number of allylic oxidation sites excluding steroid dienone is 2. The zero-order chi connectivity index (χ0) is 18.8. The van der Waals surface area contributed by atoms with Crippen molar-refractivity contribution >= 4 is 11.5 Å². The highest BCUT2D eigenvalue weighted by Crippen LogP contribution is 2.35. The maximum Gasteiger partial charge on any atom is 0.249 e. The highest BCUT2D eigenvalue weighted by Gasteiger charge is 2.23. The molecule has 27 heavy (non-hydrogen) atoms. The van der Waals surface area contributed by atoms with Gasteiger partial charge >= 0.3 is 0 Å². The number of nitrogens with two attached hydrogens (primary N) is 1. The Kier molecular flexibility index (Phi) is 5.12. The molecule has 1 aromatic heterocycles. The van der Waals surface area contributed by atoms with E-state index in [0.29, 0.717) is 11.5 Å². The molecule has 5 heteroatoms. The Morgan fingerprint density at radius 3 is 2.74 bits per heavy atom. The molecule has 1 amide bonds. The van der Waals surface area contributed by atoms with E-state index in [1.807, 2.05) is 18.5 Å². The second kappa shape index (κ2) is 7.69. The summed E-state index contributed by atoms with van der Waals surface area (Å²) in [6.45, 7) is 3.06. The van der Waals surface area contributed by atoms with Crippen LogP contribution < -0.4 is 5.73 Å². The fraction of sp³-hybridized carbons (Fsp3) is 0.455. The molecule has 4 rings (SSSR count). The van der Waals surface area contributed by atoms with E-state index < -0.39 is 0 Å². The number of benzene rings is 1. The summed E-state index contributed by atoms with van der Waals surface area (Å²) >= 11 is 0. The van der Waals surface area contributed by atoms with Gasteiger partial charge in [0.25, 0.3) is 0 Å². The van der Waals surface area contributed by atoms with Gasteiger partial charge in [0.15, 0.2) is 0 Å². The first-order valence-electron chi connectivity index (χ1n) is 9.93. The Morgan fingerprint density at radius 1 is 1.30 bits per heavy atom. The third-order valence-electron chi connectivity index (χ3n) is 6.04. The maximum atomic E-state index is 11.9. The zero-order valence-corrected chi connectivity index (χ0v) is 16.0. The molecule has 1 aromatic carbocycles. The van der Waals surface area contributed by atoms with Gasteiger partial charge < -0.3 is 10.3 Å². The van der Waals surface area contributed by atoms with Crippen LogP contribution in [-0.2, 0) is 13.6 Å². The maximum absolute atomic E-state index is 11.9. The third kappa shape index (κ3) is 3.83. The molecule has 1 aliphatic carbocycles. The van der Waals surface area contributed by atoms with Gasteiger partial charge in [-0.2, -0.15) is 0 Å². The van der Waals surface area contributed by atoms with Crippen molar-refractivity contribution in [1.82, 2.24) is 14.5 Å². The van der Waals surface area contributed by atoms with Gasteiger partial charge in [-0.05, 0) is 73.9 Å². The van der Waals surface area contributed by atoms with Crippen molar-refractivity contribution in [3.63, 3.8) is 0 Å². The van der Waals surface area contributed by atoms with Crippen LogP contribution in [0.25, 0.3) is 5.57 Å².